The first-order valence-electron chi connectivity index (χ1n) is 10.9. The second-order valence-corrected chi connectivity index (χ2v) is 9.06. The van der Waals surface area contributed by atoms with Crippen molar-refractivity contribution in [2.45, 2.75) is 45.9 Å². The standard InChI is InChI=1S/C25H32N2O5/c1-18(26-23(28)31-16-19-8-6-5-7-9-19)21-10-12-22(13-11-21)30-17-20-14-27(15-20)24(29)32-25(2,3)4/h5-13,18,20H,14-17H2,1-4H3,(H,26,28)/t18-/m0/s1. The second kappa shape index (κ2) is 10.4. The van der Waals surface area contributed by atoms with Gasteiger partial charge < -0.3 is 24.4 Å². The molecular weight excluding hydrogens is 408 g/mol. The summed E-state index contributed by atoms with van der Waals surface area (Å²) in [5.41, 5.74) is 1.41. The molecular formula is C25H32N2O5. The number of carbonyl (C=O) groups is 2. The minimum Gasteiger partial charge on any atom is -0.493 e. The lowest BCUT2D eigenvalue weighted by Crippen LogP contribution is -2.53. The van der Waals surface area contributed by atoms with Gasteiger partial charge in [-0.3, -0.25) is 0 Å². The Bertz CT molecular complexity index is 887. The van der Waals surface area contributed by atoms with Gasteiger partial charge in [-0.05, 0) is 51.0 Å². The lowest BCUT2D eigenvalue weighted by atomic mass is 10.0. The Morgan fingerprint density at radius 2 is 1.72 bits per heavy atom. The molecule has 172 valence electrons. The minimum absolute atomic E-state index is 0.193. The molecule has 32 heavy (non-hydrogen) atoms. The van der Waals surface area contributed by atoms with Gasteiger partial charge >= 0.3 is 12.2 Å². The Balaban J connectivity index is 1.36. The number of nitrogens with zero attached hydrogens (tertiary/aromatic N) is 1. The third-order valence-electron chi connectivity index (χ3n) is 5.02. The van der Waals surface area contributed by atoms with Crippen LogP contribution in [0.4, 0.5) is 9.59 Å². The Hall–Kier alpha value is -3.22. The highest BCUT2D eigenvalue weighted by molar-refractivity contribution is 5.69. The van der Waals surface area contributed by atoms with Gasteiger partial charge in [0.2, 0.25) is 0 Å². The molecule has 1 saturated heterocycles. The van der Waals surface area contributed by atoms with E-state index in [1.54, 1.807) is 4.90 Å². The first-order valence-corrected chi connectivity index (χ1v) is 10.9. The van der Waals surface area contributed by atoms with Gasteiger partial charge in [0.25, 0.3) is 0 Å². The number of alkyl carbamates (subject to hydrolysis) is 1. The van der Waals surface area contributed by atoms with Gasteiger partial charge in [0, 0.05) is 19.0 Å². The topological polar surface area (TPSA) is 77.1 Å². The molecule has 1 aliphatic rings. The summed E-state index contributed by atoms with van der Waals surface area (Å²) in [5, 5.41) is 2.83. The van der Waals surface area contributed by atoms with Crippen molar-refractivity contribution in [2.24, 2.45) is 5.92 Å². The Morgan fingerprint density at radius 3 is 2.34 bits per heavy atom. The lowest BCUT2D eigenvalue weighted by molar-refractivity contribution is -0.00781. The molecule has 2 aromatic carbocycles. The summed E-state index contributed by atoms with van der Waals surface area (Å²) in [4.78, 5) is 25.7. The maximum absolute atomic E-state index is 12.0. The fourth-order valence-corrected chi connectivity index (χ4v) is 3.24. The number of rotatable bonds is 7. The van der Waals surface area contributed by atoms with Gasteiger partial charge in [-0.1, -0.05) is 42.5 Å². The van der Waals surface area contributed by atoms with Crippen LogP contribution in [-0.4, -0.2) is 42.4 Å². The smallest absolute Gasteiger partial charge is 0.410 e. The normalized spacial score (nSPS) is 14.8. The summed E-state index contributed by atoms with van der Waals surface area (Å²) >= 11 is 0. The molecule has 0 unspecified atom stereocenters. The van der Waals surface area contributed by atoms with E-state index in [2.05, 4.69) is 5.32 Å². The third kappa shape index (κ3) is 7.18. The van der Waals surface area contributed by atoms with Gasteiger partial charge in [0.1, 0.15) is 18.0 Å². The molecule has 0 aromatic heterocycles. The molecule has 0 bridgehead atoms. The Labute approximate surface area is 189 Å². The van der Waals surface area contributed by atoms with E-state index in [9.17, 15) is 9.59 Å². The SMILES string of the molecule is C[C@H](NC(=O)OCc1ccccc1)c1ccc(OCC2CN(C(=O)OC(C)(C)C)C2)cc1. The van der Waals surface area contributed by atoms with Crippen molar-refractivity contribution in [3.8, 4) is 5.75 Å². The number of ether oxygens (including phenoxy) is 3. The zero-order chi connectivity index (χ0) is 23.1. The number of hydrogen-bond donors (Lipinski definition) is 1. The minimum atomic E-state index is -0.481. The highest BCUT2D eigenvalue weighted by Gasteiger charge is 2.34. The van der Waals surface area contributed by atoms with E-state index >= 15 is 0 Å². The number of hydrogen-bond acceptors (Lipinski definition) is 5. The summed E-state index contributed by atoms with van der Waals surface area (Å²) in [5.74, 6) is 1.05. The molecule has 2 amide bonds. The quantitative estimate of drug-likeness (QED) is 0.661. The van der Waals surface area contributed by atoms with Crippen molar-refractivity contribution in [1.82, 2.24) is 10.2 Å². The van der Waals surface area contributed by atoms with Gasteiger partial charge in [-0.15, -0.1) is 0 Å². The number of carbonyl (C=O) groups excluding carboxylic acids is 2. The Morgan fingerprint density at radius 1 is 1.06 bits per heavy atom. The fourth-order valence-electron chi connectivity index (χ4n) is 3.24. The average molecular weight is 441 g/mol. The van der Waals surface area contributed by atoms with Crippen molar-refractivity contribution in [2.75, 3.05) is 19.7 Å². The molecule has 1 atom stereocenters. The molecule has 1 fully saturated rings. The Kier molecular flexibility index (Phi) is 7.62. The average Bonchev–Trinajstić information content (AvgIpc) is 2.71. The molecule has 1 N–H and O–H groups in total. The molecule has 0 radical (unpaired) electrons. The van der Waals surface area contributed by atoms with E-state index in [0.29, 0.717) is 25.6 Å². The van der Waals surface area contributed by atoms with Crippen LogP contribution in [0.15, 0.2) is 54.6 Å². The molecule has 1 aliphatic heterocycles. The van der Waals surface area contributed by atoms with E-state index in [1.165, 1.54) is 0 Å². The van der Waals surface area contributed by atoms with E-state index in [-0.39, 0.29) is 18.7 Å². The monoisotopic (exact) mass is 440 g/mol. The van der Waals surface area contributed by atoms with E-state index in [1.807, 2.05) is 82.3 Å². The van der Waals surface area contributed by atoms with Crippen LogP contribution in [0.2, 0.25) is 0 Å². The maximum Gasteiger partial charge on any atom is 0.410 e. The van der Waals surface area contributed by atoms with Crippen LogP contribution in [0.25, 0.3) is 0 Å². The molecule has 0 spiro atoms. The molecule has 3 rings (SSSR count). The summed E-state index contributed by atoms with van der Waals surface area (Å²) in [6, 6.07) is 17.0. The molecule has 0 aliphatic carbocycles. The third-order valence-corrected chi connectivity index (χ3v) is 5.02. The van der Waals surface area contributed by atoms with Crippen LogP contribution in [0, 0.1) is 5.92 Å². The molecule has 2 aromatic rings. The van der Waals surface area contributed by atoms with Gasteiger partial charge in [-0.25, -0.2) is 9.59 Å². The van der Waals surface area contributed by atoms with Crippen LogP contribution in [0.1, 0.15) is 44.9 Å². The van der Waals surface area contributed by atoms with E-state index in [4.69, 9.17) is 14.2 Å². The first-order chi connectivity index (χ1) is 15.2. The highest BCUT2D eigenvalue weighted by Crippen LogP contribution is 2.22. The van der Waals surface area contributed by atoms with Gasteiger partial charge in [0.05, 0.1) is 12.6 Å². The predicted octanol–water partition coefficient (Wildman–Crippen LogP) is 4.92. The van der Waals surface area contributed by atoms with Crippen LogP contribution >= 0.6 is 0 Å². The summed E-state index contributed by atoms with van der Waals surface area (Å²) in [6.07, 6.45) is -0.733. The van der Waals surface area contributed by atoms with Gasteiger partial charge in [0.15, 0.2) is 0 Å². The molecule has 7 heteroatoms. The number of amides is 2. The van der Waals surface area contributed by atoms with Crippen molar-refractivity contribution in [3.63, 3.8) is 0 Å². The van der Waals surface area contributed by atoms with E-state index < -0.39 is 11.7 Å². The highest BCUT2D eigenvalue weighted by atomic mass is 16.6. The zero-order valence-electron chi connectivity index (χ0n) is 19.2. The number of nitrogens with one attached hydrogen (secondary N) is 1. The van der Waals surface area contributed by atoms with Crippen LogP contribution in [0.3, 0.4) is 0 Å². The molecule has 1 heterocycles. The summed E-state index contributed by atoms with van der Waals surface area (Å²) in [6.45, 7) is 9.53. The number of likely N-dealkylation sites (tertiary alicyclic amines) is 1. The van der Waals surface area contributed by atoms with Crippen LogP contribution in [-0.2, 0) is 16.1 Å². The second-order valence-electron chi connectivity index (χ2n) is 9.06. The van der Waals surface area contributed by atoms with Crippen molar-refractivity contribution in [3.05, 3.63) is 65.7 Å². The zero-order valence-corrected chi connectivity index (χ0v) is 19.2. The van der Waals surface area contributed by atoms with E-state index in [0.717, 1.165) is 16.9 Å². The molecule has 0 saturated carbocycles. The van der Waals surface area contributed by atoms with Crippen molar-refractivity contribution < 1.29 is 23.8 Å². The maximum atomic E-state index is 12.0. The lowest BCUT2D eigenvalue weighted by Gasteiger charge is -2.39. The predicted molar refractivity (Wildman–Crippen MR) is 121 cm³/mol. The van der Waals surface area contributed by atoms with Gasteiger partial charge in [-0.2, -0.15) is 0 Å². The van der Waals surface area contributed by atoms with Crippen LogP contribution in [0.5, 0.6) is 5.75 Å². The van der Waals surface area contributed by atoms with Crippen molar-refractivity contribution in [1.29, 1.82) is 0 Å². The first kappa shape index (κ1) is 23.4. The largest absolute Gasteiger partial charge is 0.493 e. The fraction of sp³-hybridized carbons (Fsp3) is 0.440. The summed E-state index contributed by atoms with van der Waals surface area (Å²) in [7, 11) is 0. The number of benzene rings is 2. The van der Waals surface area contributed by atoms with Crippen LogP contribution < -0.4 is 10.1 Å². The van der Waals surface area contributed by atoms with Crippen molar-refractivity contribution >= 4 is 12.2 Å². The summed E-state index contributed by atoms with van der Waals surface area (Å²) < 4.78 is 16.5. The molecule has 7 nitrogen and oxygen atoms in total.